The number of H-pyrrole nitrogens is 1. The molecule has 0 amide bonds. The third-order valence-electron chi connectivity index (χ3n) is 1.22. The molecule has 0 saturated carbocycles. The highest BCUT2D eigenvalue weighted by molar-refractivity contribution is 6.58. The molecule has 0 spiro atoms. The molecule has 0 saturated heterocycles. The van der Waals surface area contributed by atoms with Crippen molar-refractivity contribution in [2.45, 2.75) is 0 Å². The first-order valence-electron chi connectivity index (χ1n) is 2.83. The number of hydrogen-bond acceptors (Lipinski definition) is 3. The van der Waals surface area contributed by atoms with E-state index in [1.54, 1.807) is 12.3 Å². The summed E-state index contributed by atoms with van der Waals surface area (Å²) in [5.41, 5.74) is 0.280. The first kappa shape index (κ1) is 7.18. The fraction of sp³-hybridized carbons (Fsp3) is 0.200. The summed E-state index contributed by atoms with van der Waals surface area (Å²) in [7, 11) is -0.0281. The molecular formula is C5H8BNO3. The van der Waals surface area contributed by atoms with E-state index >= 15 is 0 Å². The van der Waals surface area contributed by atoms with Gasteiger partial charge in [0, 0.05) is 6.20 Å². The summed E-state index contributed by atoms with van der Waals surface area (Å²) in [5.74, 6) is 0.454. The largest absolute Gasteiger partial charge is 0.509 e. The predicted octanol–water partition coefficient (Wildman–Crippen LogP) is -1.30. The summed E-state index contributed by atoms with van der Waals surface area (Å²) in [6.45, 7) is 0. The van der Waals surface area contributed by atoms with Crippen LogP contribution in [0, 0.1) is 0 Å². The Bertz CT molecular complexity index is 210. The van der Waals surface area contributed by atoms with Crippen LogP contribution in [-0.4, -0.2) is 29.3 Å². The lowest BCUT2D eigenvalue weighted by molar-refractivity contribution is 0.403. The van der Waals surface area contributed by atoms with Crippen LogP contribution in [0.25, 0.3) is 0 Å². The van der Waals surface area contributed by atoms with Gasteiger partial charge in [-0.05, 0) is 6.07 Å². The molecule has 54 valence electrons. The molecule has 3 N–H and O–H groups in total. The monoisotopic (exact) mass is 141 g/mol. The molecule has 0 bridgehead atoms. The van der Waals surface area contributed by atoms with Crippen molar-refractivity contribution < 1.29 is 14.8 Å². The second-order valence-electron chi connectivity index (χ2n) is 1.83. The van der Waals surface area contributed by atoms with Crippen molar-refractivity contribution in [2.75, 3.05) is 7.11 Å². The van der Waals surface area contributed by atoms with Gasteiger partial charge in [-0.15, -0.1) is 0 Å². The second-order valence-corrected chi connectivity index (χ2v) is 1.83. The van der Waals surface area contributed by atoms with Crippen molar-refractivity contribution in [2.24, 2.45) is 0 Å². The Kier molecular flexibility index (Phi) is 1.98. The maximum Gasteiger partial charge on any atom is 0.509 e. The fourth-order valence-electron chi connectivity index (χ4n) is 0.748. The van der Waals surface area contributed by atoms with E-state index in [1.807, 2.05) is 0 Å². The summed E-state index contributed by atoms with van der Waals surface area (Å²) in [6.07, 6.45) is 1.58. The molecule has 10 heavy (non-hydrogen) atoms. The number of methoxy groups -OCH3 is 1. The summed E-state index contributed by atoms with van der Waals surface area (Å²) >= 11 is 0. The van der Waals surface area contributed by atoms with Crippen LogP contribution < -0.4 is 10.3 Å². The number of nitrogens with one attached hydrogen (secondary N) is 1. The van der Waals surface area contributed by atoms with Crippen LogP contribution in [0.2, 0.25) is 0 Å². The molecule has 0 radical (unpaired) electrons. The standard InChI is InChI=1S/C5H8BNO3/c1-10-4-2-3-7-5(4)6(8)9/h2-3,7-9H,1H3. The van der Waals surface area contributed by atoms with E-state index in [4.69, 9.17) is 14.8 Å². The molecule has 0 aliphatic rings. The average Bonchev–Trinajstić information content (AvgIpc) is 2.33. The first-order valence-corrected chi connectivity index (χ1v) is 2.83. The van der Waals surface area contributed by atoms with Gasteiger partial charge in [0.15, 0.2) is 0 Å². The van der Waals surface area contributed by atoms with Crippen LogP contribution in [0.3, 0.4) is 0 Å². The lowest BCUT2D eigenvalue weighted by Crippen LogP contribution is -2.31. The van der Waals surface area contributed by atoms with Gasteiger partial charge in [-0.3, -0.25) is 0 Å². The molecule has 1 aromatic heterocycles. The van der Waals surface area contributed by atoms with Crippen LogP contribution >= 0.6 is 0 Å². The quantitative estimate of drug-likeness (QED) is 0.448. The maximum atomic E-state index is 8.67. The molecule has 4 nitrogen and oxygen atoms in total. The number of ether oxygens (including phenoxy) is 1. The van der Waals surface area contributed by atoms with Gasteiger partial charge in [0.1, 0.15) is 5.75 Å². The number of hydrogen-bond donors (Lipinski definition) is 3. The van der Waals surface area contributed by atoms with Crippen molar-refractivity contribution in [3.05, 3.63) is 12.3 Å². The maximum absolute atomic E-state index is 8.67. The van der Waals surface area contributed by atoms with E-state index in [0.717, 1.165) is 0 Å². The van der Waals surface area contributed by atoms with E-state index in [-0.39, 0.29) is 5.59 Å². The van der Waals surface area contributed by atoms with E-state index in [9.17, 15) is 0 Å². The minimum absolute atomic E-state index is 0.280. The molecule has 1 heterocycles. The Hall–Kier alpha value is -0.935. The van der Waals surface area contributed by atoms with Gasteiger partial charge in [0.05, 0.1) is 12.7 Å². The van der Waals surface area contributed by atoms with Gasteiger partial charge in [-0.25, -0.2) is 0 Å². The Balaban J connectivity index is 2.90. The average molecular weight is 141 g/mol. The summed E-state index contributed by atoms with van der Waals surface area (Å²) < 4.78 is 4.80. The van der Waals surface area contributed by atoms with Crippen LogP contribution in [0.4, 0.5) is 0 Å². The van der Waals surface area contributed by atoms with Crippen molar-refractivity contribution in [3.63, 3.8) is 0 Å². The normalized spacial score (nSPS) is 9.50. The Labute approximate surface area is 58.6 Å². The van der Waals surface area contributed by atoms with Crippen molar-refractivity contribution in [1.82, 2.24) is 4.98 Å². The molecule has 0 atom stereocenters. The van der Waals surface area contributed by atoms with Gasteiger partial charge in [0.2, 0.25) is 0 Å². The van der Waals surface area contributed by atoms with Crippen LogP contribution in [0.5, 0.6) is 5.75 Å². The highest BCUT2D eigenvalue weighted by atomic mass is 16.5. The van der Waals surface area contributed by atoms with Crippen LogP contribution in [0.1, 0.15) is 0 Å². The Morgan fingerprint density at radius 1 is 1.60 bits per heavy atom. The van der Waals surface area contributed by atoms with Gasteiger partial charge in [-0.2, -0.15) is 0 Å². The van der Waals surface area contributed by atoms with Crippen LogP contribution in [-0.2, 0) is 0 Å². The summed E-state index contributed by atoms with van der Waals surface area (Å²) in [5, 5.41) is 17.3. The van der Waals surface area contributed by atoms with Gasteiger partial charge in [0.25, 0.3) is 0 Å². The van der Waals surface area contributed by atoms with Gasteiger partial charge >= 0.3 is 7.12 Å². The number of rotatable bonds is 2. The molecule has 1 rings (SSSR count). The molecule has 1 aromatic rings. The number of aromatic amines is 1. The van der Waals surface area contributed by atoms with Crippen molar-refractivity contribution in [3.8, 4) is 5.75 Å². The SMILES string of the molecule is COc1cc[nH]c1B(O)O. The molecule has 0 fully saturated rings. The zero-order valence-electron chi connectivity index (χ0n) is 5.53. The molecule has 0 aromatic carbocycles. The molecular weight excluding hydrogens is 133 g/mol. The molecule has 0 aliphatic carbocycles. The second kappa shape index (κ2) is 2.77. The minimum atomic E-state index is -1.50. The predicted molar refractivity (Wildman–Crippen MR) is 37.2 cm³/mol. The summed E-state index contributed by atoms with van der Waals surface area (Å²) in [6, 6.07) is 1.62. The molecule has 0 unspecified atom stereocenters. The lowest BCUT2D eigenvalue weighted by atomic mass is 9.86. The highest BCUT2D eigenvalue weighted by Gasteiger charge is 2.17. The van der Waals surface area contributed by atoms with Gasteiger partial charge < -0.3 is 19.8 Å². The van der Waals surface area contributed by atoms with E-state index in [0.29, 0.717) is 5.75 Å². The molecule has 0 aliphatic heterocycles. The highest BCUT2D eigenvalue weighted by Crippen LogP contribution is 2.03. The minimum Gasteiger partial charge on any atom is -0.496 e. The van der Waals surface area contributed by atoms with Crippen LogP contribution in [0.15, 0.2) is 12.3 Å². The van der Waals surface area contributed by atoms with E-state index in [1.165, 1.54) is 7.11 Å². The fourth-order valence-corrected chi connectivity index (χ4v) is 0.748. The zero-order valence-corrected chi connectivity index (χ0v) is 5.53. The smallest absolute Gasteiger partial charge is 0.496 e. The molecule has 5 heteroatoms. The topological polar surface area (TPSA) is 65.5 Å². The Morgan fingerprint density at radius 2 is 2.30 bits per heavy atom. The third-order valence-corrected chi connectivity index (χ3v) is 1.22. The van der Waals surface area contributed by atoms with Gasteiger partial charge in [-0.1, -0.05) is 0 Å². The zero-order chi connectivity index (χ0) is 7.56. The number of aromatic nitrogens is 1. The van der Waals surface area contributed by atoms with E-state index < -0.39 is 7.12 Å². The van der Waals surface area contributed by atoms with Crippen molar-refractivity contribution >= 4 is 12.7 Å². The lowest BCUT2D eigenvalue weighted by Gasteiger charge is -1.99. The van der Waals surface area contributed by atoms with E-state index in [2.05, 4.69) is 4.98 Å². The Morgan fingerprint density at radius 3 is 2.70 bits per heavy atom. The summed E-state index contributed by atoms with van der Waals surface area (Å²) in [4.78, 5) is 2.63. The third kappa shape index (κ3) is 1.15. The first-order chi connectivity index (χ1) is 4.75. The van der Waals surface area contributed by atoms with Crippen molar-refractivity contribution in [1.29, 1.82) is 0 Å².